The number of aryl methyl sites for hydroxylation is 1. The summed E-state index contributed by atoms with van der Waals surface area (Å²) in [5, 5.41) is 10.4. The van der Waals surface area contributed by atoms with Gasteiger partial charge in [-0.15, -0.1) is 0 Å². The minimum absolute atomic E-state index is 0.439. The van der Waals surface area contributed by atoms with Crippen molar-refractivity contribution in [2.75, 3.05) is 0 Å². The summed E-state index contributed by atoms with van der Waals surface area (Å²) in [7, 11) is 0. The number of hydrogen-bond acceptors (Lipinski definition) is 2. The number of benzene rings is 1. The van der Waals surface area contributed by atoms with Crippen molar-refractivity contribution >= 4 is 5.97 Å². The molecule has 0 aliphatic carbocycles. The van der Waals surface area contributed by atoms with Gasteiger partial charge >= 0.3 is 0 Å². The van der Waals surface area contributed by atoms with Gasteiger partial charge in [0.1, 0.15) is 6.04 Å². The molecule has 0 spiro atoms. The lowest BCUT2D eigenvalue weighted by Gasteiger charge is -2.10. The Morgan fingerprint density at radius 1 is 1.54 bits per heavy atom. The Balaban J connectivity index is 2.74. The van der Waals surface area contributed by atoms with E-state index in [1.165, 1.54) is 0 Å². The highest BCUT2D eigenvalue weighted by Crippen LogP contribution is 2.07. The van der Waals surface area contributed by atoms with E-state index in [-0.39, 0.29) is 0 Å². The number of quaternary nitrogens is 1. The minimum Gasteiger partial charge on any atom is -0.544 e. The Labute approximate surface area is 77.2 Å². The van der Waals surface area contributed by atoms with E-state index in [1.807, 2.05) is 31.2 Å². The molecule has 0 aliphatic heterocycles. The van der Waals surface area contributed by atoms with Crippen LogP contribution in [0.3, 0.4) is 0 Å². The zero-order valence-electron chi connectivity index (χ0n) is 7.62. The van der Waals surface area contributed by atoms with Crippen molar-refractivity contribution in [3.05, 3.63) is 35.4 Å². The van der Waals surface area contributed by atoms with E-state index in [2.05, 4.69) is 5.73 Å². The van der Waals surface area contributed by atoms with Crippen LogP contribution in [0.1, 0.15) is 11.1 Å². The predicted octanol–water partition coefficient (Wildman–Crippen LogP) is -1.10. The van der Waals surface area contributed by atoms with Crippen molar-refractivity contribution in [3.8, 4) is 0 Å². The first kappa shape index (κ1) is 9.74. The van der Waals surface area contributed by atoms with Crippen LogP contribution in [0.5, 0.6) is 0 Å². The molecule has 3 nitrogen and oxygen atoms in total. The normalized spacial score (nSPS) is 12.5. The van der Waals surface area contributed by atoms with Gasteiger partial charge in [-0.2, -0.15) is 0 Å². The number of rotatable bonds is 3. The number of carboxylic acids is 1. The molecule has 3 N–H and O–H groups in total. The highest BCUT2D eigenvalue weighted by molar-refractivity contribution is 5.69. The molecule has 0 aromatic heterocycles. The van der Waals surface area contributed by atoms with Crippen LogP contribution in [0, 0.1) is 6.92 Å². The summed E-state index contributed by atoms with van der Waals surface area (Å²) in [6, 6.07) is 7.02. The molecule has 70 valence electrons. The van der Waals surface area contributed by atoms with E-state index in [9.17, 15) is 9.90 Å². The lowest BCUT2D eigenvalue weighted by atomic mass is 10.0. The molecule has 1 aromatic rings. The third-order valence-corrected chi connectivity index (χ3v) is 2.06. The molecular formula is C10H13NO2. The summed E-state index contributed by atoms with van der Waals surface area (Å²) >= 11 is 0. The van der Waals surface area contributed by atoms with Crippen LogP contribution in [0.15, 0.2) is 24.3 Å². The monoisotopic (exact) mass is 179 g/mol. The van der Waals surface area contributed by atoms with Gasteiger partial charge in [-0.25, -0.2) is 0 Å². The average Bonchev–Trinajstić information content (AvgIpc) is 2.08. The lowest BCUT2D eigenvalue weighted by Crippen LogP contribution is -2.69. The SMILES string of the molecule is Cc1ccccc1C[C@@H]([NH3+])C(=O)[O-]. The molecule has 0 unspecified atom stereocenters. The van der Waals surface area contributed by atoms with E-state index < -0.39 is 12.0 Å². The number of carboxylic acid groups (broad SMARTS) is 1. The molecule has 0 radical (unpaired) electrons. The van der Waals surface area contributed by atoms with Crippen LogP contribution in [0.25, 0.3) is 0 Å². The summed E-state index contributed by atoms with van der Waals surface area (Å²) in [4.78, 5) is 10.4. The quantitative estimate of drug-likeness (QED) is 0.640. The van der Waals surface area contributed by atoms with Crippen LogP contribution >= 0.6 is 0 Å². The van der Waals surface area contributed by atoms with Gasteiger partial charge in [0.15, 0.2) is 0 Å². The van der Waals surface area contributed by atoms with Crippen molar-refractivity contribution in [2.24, 2.45) is 0 Å². The summed E-state index contributed by atoms with van der Waals surface area (Å²) in [6.07, 6.45) is 0.439. The smallest absolute Gasteiger partial charge is 0.129 e. The molecule has 0 aliphatic rings. The van der Waals surface area contributed by atoms with Crippen molar-refractivity contribution in [2.45, 2.75) is 19.4 Å². The Kier molecular flexibility index (Phi) is 3.03. The fourth-order valence-electron chi connectivity index (χ4n) is 1.19. The lowest BCUT2D eigenvalue weighted by molar-refractivity contribution is -0.437. The number of aliphatic carboxylic acids is 1. The molecular weight excluding hydrogens is 166 g/mol. The van der Waals surface area contributed by atoms with Gasteiger partial charge in [0.05, 0.1) is 5.97 Å². The predicted molar refractivity (Wildman–Crippen MR) is 46.6 cm³/mol. The number of carbonyl (C=O) groups excluding carboxylic acids is 1. The maximum Gasteiger partial charge on any atom is 0.129 e. The average molecular weight is 179 g/mol. The molecule has 0 amide bonds. The van der Waals surface area contributed by atoms with Gasteiger partial charge in [-0.05, 0) is 18.1 Å². The van der Waals surface area contributed by atoms with Gasteiger partial charge < -0.3 is 15.6 Å². The summed E-state index contributed by atoms with van der Waals surface area (Å²) in [5.74, 6) is -1.09. The largest absolute Gasteiger partial charge is 0.544 e. The van der Waals surface area contributed by atoms with Gasteiger partial charge in [-0.1, -0.05) is 24.3 Å². The van der Waals surface area contributed by atoms with Crippen LogP contribution in [0.4, 0.5) is 0 Å². The van der Waals surface area contributed by atoms with Crippen LogP contribution in [-0.2, 0) is 11.2 Å². The molecule has 1 atom stereocenters. The van der Waals surface area contributed by atoms with Crippen LogP contribution in [-0.4, -0.2) is 12.0 Å². The fourth-order valence-corrected chi connectivity index (χ4v) is 1.19. The van der Waals surface area contributed by atoms with E-state index >= 15 is 0 Å². The molecule has 0 saturated carbocycles. The minimum atomic E-state index is -1.09. The molecule has 1 aromatic carbocycles. The summed E-state index contributed by atoms with van der Waals surface area (Å²) in [5.41, 5.74) is 5.63. The van der Waals surface area contributed by atoms with E-state index in [4.69, 9.17) is 0 Å². The molecule has 0 heterocycles. The standard InChI is InChI=1S/C10H13NO2/c1-7-4-2-3-5-8(7)6-9(11)10(12)13/h2-5,9H,6,11H2,1H3,(H,12,13)/t9-/m1/s1. The maximum atomic E-state index is 10.4. The molecule has 0 saturated heterocycles. The van der Waals surface area contributed by atoms with Gasteiger partial charge in [0.25, 0.3) is 0 Å². The molecule has 0 fully saturated rings. The first-order valence-corrected chi connectivity index (χ1v) is 4.19. The van der Waals surface area contributed by atoms with E-state index in [1.54, 1.807) is 0 Å². The van der Waals surface area contributed by atoms with E-state index in [0.717, 1.165) is 11.1 Å². The second-order valence-corrected chi connectivity index (χ2v) is 3.15. The van der Waals surface area contributed by atoms with Crippen molar-refractivity contribution < 1.29 is 15.6 Å². The molecule has 13 heavy (non-hydrogen) atoms. The van der Waals surface area contributed by atoms with Crippen molar-refractivity contribution in [1.82, 2.24) is 0 Å². The van der Waals surface area contributed by atoms with Crippen LogP contribution in [0.2, 0.25) is 0 Å². The Hall–Kier alpha value is -1.35. The molecule has 0 bridgehead atoms. The second-order valence-electron chi connectivity index (χ2n) is 3.15. The molecule has 1 rings (SSSR count). The first-order chi connectivity index (χ1) is 6.11. The van der Waals surface area contributed by atoms with Crippen molar-refractivity contribution in [1.29, 1.82) is 0 Å². The summed E-state index contributed by atoms with van der Waals surface area (Å²) in [6.45, 7) is 1.96. The highest BCUT2D eigenvalue weighted by Gasteiger charge is 2.09. The third kappa shape index (κ3) is 2.56. The Bertz CT molecular complexity index is 310. The third-order valence-electron chi connectivity index (χ3n) is 2.06. The Morgan fingerprint density at radius 3 is 2.69 bits per heavy atom. The van der Waals surface area contributed by atoms with Gasteiger partial charge in [0, 0.05) is 6.42 Å². The van der Waals surface area contributed by atoms with Gasteiger partial charge in [-0.3, -0.25) is 0 Å². The zero-order valence-corrected chi connectivity index (χ0v) is 7.62. The zero-order chi connectivity index (χ0) is 9.84. The summed E-state index contributed by atoms with van der Waals surface area (Å²) < 4.78 is 0. The maximum absolute atomic E-state index is 10.4. The van der Waals surface area contributed by atoms with Crippen molar-refractivity contribution in [3.63, 3.8) is 0 Å². The fraction of sp³-hybridized carbons (Fsp3) is 0.300. The first-order valence-electron chi connectivity index (χ1n) is 4.19. The topological polar surface area (TPSA) is 67.8 Å². The van der Waals surface area contributed by atoms with E-state index in [0.29, 0.717) is 6.42 Å². The number of hydrogen-bond donors (Lipinski definition) is 1. The highest BCUT2D eigenvalue weighted by atomic mass is 16.4. The second kappa shape index (κ2) is 4.05. The number of carbonyl (C=O) groups is 1. The molecule has 3 heteroatoms. The van der Waals surface area contributed by atoms with Crippen LogP contribution < -0.4 is 10.8 Å². The Morgan fingerprint density at radius 2 is 2.15 bits per heavy atom. The van der Waals surface area contributed by atoms with Gasteiger partial charge in [0.2, 0.25) is 0 Å².